The summed E-state index contributed by atoms with van der Waals surface area (Å²) in [6.45, 7) is 28.5. The smallest absolute Gasteiger partial charge is 0.200 e. The number of hydrogen-bond acceptors (Lipinski definition) is 7. The summed E-state index contributed by atoms with van der Waals surface area (Å²) < 4.78 is 45.0. The van der Waals surface area contributed by atoms with E-state index in [-0.39, 0.29) is 24.0 Å². The van der Waals surface area contributed by atoms with Crippen LogP contribution in [0.5, 0.6) is 5.75 Å². The number of methoxy groups -OCH3 is 2. The number of ether oxygens (including phenoxy) is 6. The van der Waals surface area contributed by atoms with E-state index in [2.05, 4.69) is 81.4 Å². The molecular formula is C36H64O7Si. The predicted molar refractivity (Wildman–Crippen MR) is 179 cm³/mol. The van der Waals surface area contributed by atoms with E-state index in [1.54, 1.807) is 14.2 Å². The molecule has 1 saturated heterocycles. The summed E-state index contributed by atoms with van der Waals surface area (Å²) >= 11 is 0. The van der Waals surface area contributed by atoms with Gasteiger partial charge in [0.15, 0.2) is 11.6 Å². The maximum atomic E-state index is 7.63. The van der Waals surface area contributed by atoms with E-state index in [0.717, 1.165) is 24.2 Å². The Balaban J connectivity index is 1.94. The first-order valence-corrected chi connectivity index (χ1v) is 19.0. The molecule has 0 aromatic heterocycles. The molecule has 2 aliphatic rings. The van der Waals surface area contributed by atoms with E-state index in [1.807, 2.05) is 26.0 Å². The summed E-state index contributed by atoms with van der Waals surface area (Å²) in [4.78, 5) is 0. The minimum Gasteiger partial charge on any atom is -0.497 e. The molecule has 1 aliphatic carbocycles. The Morgan fingerprint density at radius 3 is 2.07 bits per heavy atom. The first-order valence-electron chi connectivity index (χ1n) is 16.9. The molecule has 1 heterocycles. The molecule has 8 heteroatoms. The van der Waals surface area contributed by atoms with Crippen LogP contribution in [0.2, 0.25) is 16.6 Å². The van der Waals surface area contributed by atoms with Crippen molar-refractivity contribution in [1.82, 2.24) is 0 Å². The lowest BCUT2D eigenvalue weighted by molar-refractivity contribution is -0.205. The maximum Gasteiger partial charge on any atom is 0.200 e. The molecule has 1 aromatic rings. The zero-order valence-corrected chi connectivity index (χ0v) is 31.3. The van der Waals surface area contributed by atoms with Crippen molar-refractivity contribution in [1.29, 1.82) is 0 Å². The average Bonchev–Trinajstić information content (AvgIpc) is 3.36. The summed E-state index contributed by atoms with van der Waals surface area (Å²) in [5, 5.41) is 0. The van der Waals surface area contributed by atoms with Gasteiger partial charge in [-0.2, -0.15) is 0 Å². The van der Waals surface area contributed by atoms with Crippen LogP contribution in [0, 0.1) is 17.8 Å². The van der Waals surface area contributed by atoms with Gasteiger partial charge >= 0.3 is 0 Å². The van der Waals surface area contributed by atoms with Crippen molar-refractivity contribution in [2.45, 2.75) is 149 Å². The van der Waals surface area contributed by atoms with Crippen molar-refractivity contribution in [3.8, 4) is 5.75 Å². The lowest BCUT2D eigenvalue weighted by Gasteiger charge is -2.47. The molecule has 0 unspecified atom stereocenters. The zero-order chi connectivity index (χ0) is 33.1. The summed E-state index contributed by atoms with van der Waals surface area (Å²) in [7, 11) is 1.20. The first kappa shape index (κ1) is 37.5. The Morgan fingerprint density at radius 2 is 1.55 bits per heavy atom. The predicted octanol–water partition coefficient (Wildman–Crippen LogP) is 8.74. The van der Waals surface area contributed by atoms with Gasteiger partial charge < -0.3 is 32.8 Å². The Bertz CT molecular complexity index is 1000. The molecular weight excluding hydrogens is 572 g/mol. The normalized spacial score (nSPS) is 28.1. The standard InChI is InChI=1S/C36H64O7Si/c1-24(2)44(25(3)4,26(5)6)42-32-27(7)21-36(31(32)19-20-40-34(9,10)38-14)33(41-35(11,12)43-36)28(8)22-39-23-29-15-17-30(37-13)18-16-29/h15-18,24-28,31-33H,19-23H2,1-14H3/t27-,28+,31+,32+,33+,36-/m1/s1. The number of hydrogen-bond donors (Lipinski definition) is 0. The van der Waals surface area contributed by atoms with Crippen LogP contribution in [0.4, 0.5) is 0 Å². The van der Waals surface area contributed by atoms with Gasteiger partial charge in [-0.1, -0.05) is 67.5 Å². The lowest BCUT2D eigenvalue weighted by atomic mass is 9.78. The molecule has 6 atom stereocenters. The van der Waals surface area contributed by atoms with E-state index in [4.69, 9.17) is 32.8 Å². The van der Waals surface area contributed by atoms with Crippen molar-refractivity contribution in [2.75, 3.05) is 27.4 Å². The van der Waals surface area contributed by atoms with Crippen LogP contribution in [-0.2, 0) is 34.7 Å². The molecule has 1 saturated carbocycles. The van der Waals surface area contributed by atoms with Gasteiger partial charge in [0.05, 0.1) is 39.1 Å². The van der Waals surface area contributed by atoms with E-state index in [1.165, 1.54) is 0 Å². The minimum atomic E-state index is -2.17. The summed E-state index contributed by atoms with van der Waals surface area (Å²) in [5.41, 5.74) is 2.09. The van der Waals surface area contributed by atoms with Gasteiger partial charge in [0.1, 0.15) is 11.4 Å². The van der Waals surface area contributed by atoms with Gasteiger partial charge in [0, 0.05) is 18.9 Å². The second-order valence-electron chi connectivity index (χ2n) is 15.3. The second kappa shape index (κ2) is 14.8. The summed E-state index contributed by atoms with van der Waals surface area (Å²) in [6.07, 6.45) is 1.59. The second-order valence-corrected chi connectivity index (χ2v) is 20.7. The van der Waals surface area contributed by atoms with Gasteiger partial charge in [-0.05, 0) is 80.8 Å². The van der Waals surface area contributed by atoms with E-state index < -0.39 is 25.5 Å². The largest absolute Gasteiger partial charge is 0.497 e. The third kappa shape index (κ3) is 8.10. The van der Waals surface area contributed by atoms with E-state index in [9.17, 15) is 0 Å². The molecule has 1 spiro atoms. The van der Waals surface area contributed by atoms with Crippen molar-refractivity contribution in [3.63, 3.8) is 0 Å². The van der Waals surface area contributed by atoms with Crippen molar-refractivity contribution in [3.05, 3.63) is 29.8 Å². The molecule has 2 fully saturated rings. The van der Waals surface area contributed by atoms with Crippen molar-refractivity contribution >= 4 is 8.32 Å². The zero-order valence-electron chi connectivity index (χ0n) is 30.3. The third-order valence-corrected chi connectivity index (χ3v) is 16.4. The fourth-order valence-corrected chi connectivity index (χ4v) is 14.0. The number of rotatable bonds is 16. The van der Waals surface area contributed by atoms with Crippen molar-refractivity contribution in [2.24, 2.45) is 17.8 Å². The molecule has 254 valence electrons. The molecule has 1 aliphatic heterocycles. The van der Waals surface area contributed by atoms with Crippen LogP contribution >= 0.6 is 0 Å². The molecule has 0 amide bonds. The highest BCUT2D eigenvalue weighted by molar-refractivity contribution is 6.77. The van der Waals surface area contributed by atoms with Gasteiger partial charge in [-0.3, -0.25) is 0 Å². The topological polar surface area (TPSA) is 64.6 Å². The Labute approximate surface area is 270 Å². The molecule has 0 bridgehead atoms. The first-order chi connectivity index (χ1) is 20.4. The monoisotopic (exact) mass is 636 g/mol. The molecule has 1 aromatic carbocycles. The lowest BCUT2D eigenvalue weighted by Crippen LogP contribution is -2.55. The molecule has 0 N–H and O–H groups in total. The van der Waals surface area contributed by atoms with Gasteiger partial charge in [-0.15, -0.1) is 0 Å². The summed E-state index contributed by atoms with van der Waals surface area (Å²) in [6, 6.07) is 8.05. The highest BCUT2D eigenvalue weighted by atomic mass is 28.4. The van der Waals surface area contributed by atoms with Gasteiger partial charge in [-0.25, -0.2) is 0 Å². The van der Waals surface area contributed by atoms with Crippen LogP contribution in [0.3, 0.4) is 0 Å². The van der Waals surface area contributed by atoms with Crippen molar-refractivity contribution < 1.29 is 32.8 Å². The van der Waals surface area contributed by atoms with Crippen LogP contribution in [0.1, 0.15) is 101 Å². The van der Waals surface area contributed by atoms with Gasteiger partial charge in [0.2, 0.25) is 8.32 Å². The third-order valence-electron chi connectivity index (χ3n) is 10.3. The highest BCUT2D eigenvalue weighted by Crippen LogP contribution is 2.58. The minimum absolute atomic E-state index is 0.0514. The molecule has 0 radical (unpaired) electrons. The van der Waals surface area contributed by atoms with Gasteiger partial charge in [0.25, 0.3) is 0 Å². The molecule has 7 nitrogen and oxygen atoms in total. The Kier molecular flexibility index (Phi) is 12.6. The van der Waals surface area contributed by atoms with E-state index >= 15 is 0 Å². The summed E-state index contributed by atoms with van der Waals surface area (Å²) in [5.74, 6) is 0.00121. The van der Waals surface area contributed by atoms with Crippen LogP contribution in [-0.4, -0.2) is 65.1 Å². The van der Waals surface area contributed by atoms with E-state index in [0.29, 0.717) is 42.4 Å². The van der Waals surface area contributed by atoms with Crippen LogP contribution in [0.25, 0.3) is 0 Å². The highest BCUT2D eigenvalue weighted by Gasteiger charge is 2.66. The van der Waals surface area contributed by atoms with Crippen LogP contribution in [0.15, 0.2) is 24.3 Å². The quantitative estimate of drug-likeness (QED) is 0.133. The Morgan fingerprint density at radius 1 is 0.955 bits per heavy atom. The SMILES string of the molecule is COc1ccc(COC[C@H](C)[C@@H]2OC(C)(C)O[C@@]23C[C@@H](C)[C@H](O[Si](C(C)C)(C(C)C)C(C)C)[C@@H]3CCOC(C)(C)OC)cc1. The molecule has 3 rings (SSSR count). The Hall–Kier alpha value is -1.00. The van der Waals surface area contributed by atoms with Crippen LogP contribution < -0.4 is 4.74 Å². The fraction of sp³-hybridized carbons (Fsp3) is 0.833. The number of benzene rings is 1. The maximum absolute atomic E-state index is 7.63. The fourth-order valence-electron chi connectivity index (χ4n) is 8.35. The molecule has 44 heavy (non-hydrogen) atoms. The average molecular weight is 637 g/mol.